The number of halogens is 2. The van der Waals surface area contributed by atoms with Gasteiger partial charge in [0.15, 0.2) is 0 Å². The first-order valence-corrected chi connectivity index (χ1v) is 9.46. The smallest absolute Gasteiger partial charge is 0.129 e. The number of allylic oxidation sites excluding steroid dienone is 9. The van der Waals surface area contributed by atoms with Crippen LogP contribution in [0.4, 0.5) is 8.78 Å². The van der Waals surface area contributed by atoms with Crippen molar-refractivity contribution in [3.05, 3.63) is 103 Å². The minimum absolute atomic E-state index is 0.210. The fourth-order valence-electron chi connectivity index (χ4n) is 2.41. The molecule has 0 saturated heterocycles. The fourth-order valence-corrected chi connectivity index (χ4v) is 2.41. The van der Waals surface area contributed by atoms with Crippen LogP contribution >= 0.6 is 0 Å². The molecule has 1 aromatic carbocycles. The largest absolute Gasteiger partial charge is 0.492 e. The van der Waals surface area contributed by atoms with E-state index in [1.807, 2.05) is 19.2 Å². The topological polar surface area (TPSA) is 21.6 Å². The number of hydrogen-bond donors (Lipinski definition) is 0. The lowest BCUT2D eigenvalue weighted by Gasteiger charge is -2.12. The molecule has 2 rings (SSSR count). The van der Waals surface area contributed by atoms with Crippen LogP contribution in [0.25, 0.3) is 5.57 Å². The Bertz CT molecular complexity index is 827. The lowest BCUT2D eigenvalue weighted by atomic mass is 10.1. The van der Waals surface area contributed by atoms with E-state index in [4.69, 9.17) is 4.74 Å². The molecule has 154 valence electrons. The average molecular weight is 398 g/mol. The maximum atomic E-state index is 12.7. The average Bonchev–Trinajstić information content (AvgIpc) is 2.73. The highest BCUT2D eigenvalue weighted by molar-refractivity contribution is 5.72. The molecule has 0 radical (unpaired) electrons. The van der Waals surface area contributed by atoms with Gasteiger partial charge >= 0.3 is 0 Å². The van der Waals surface area contributed by atoms with E-state index in [0.717, 1.165) is 29.3 Å². The maximum Gasteiger partial charge on any atom is 0.129 e. The Kier molecular flexibility index (Phi) is 10.9. The normalized spacial score (nSPS) is 17.1. The number of benzene rings is 1. The van der Waals surface area contributed by atoms with Crippen LogP contribution in [0.5, 0.6) is 0 Å². The van der Waals surface area contributed by atoms with E-state index < -0.39 is 0 Å². The van der Waals surface area contributed by atoms with Gasteiger partial charge in [-0.05, 0) is 67.7 Å². The van der Waals surface area contributed by atoms with Crippen molar-refractivity contribution in [2.45, 2.75) is 27.2 Å². The Balaban J connectivity index is 0.000000308. The summed E-state index contributed by atoms with van der Waals surface area (Å²) < 4.78 is 30.7. The van der Waals surface area contributed by atoms with Crippen LogP contribution in [0, 0.1) is 11.7 Å². The van der Waals surface area contributed by atoms with Crippen molar-refractivity contribution in [3.63, 3.8) is 0 Å². The zero-order valence-corrected chi connectivity index (χ0v) is 17.4. The Labute approximate surface area is 173 Å². The van der Waals surface area contributed by atoms with Gasteiger partial charge < -0.3 is 4.74 Å². The van der Waals surface area contributed by atoms with Gasteiger partial charge in [-0.15, -0.1) is 0 Å². The van der Waals surface area contributed by atoms with E-state index in [9.17, 15) is 8.78 Å². The Morgan fingerprint density at radius 1 is 1.21 bits per heavy atom. The van der Waals surface area contributed by atoms with Crippen molar-refractivity contribution in [3.8, 4) is 0 Å². The van der Waals surface area contributed by atoms with Gasteiger partial charge in [-0.2, -0.15) is 0 Å². The third-order valence-corrected chi connectivity index (χ3v) is 4.04. The predicted molar refractivity (Wildman–Crippen MR) is 120 cm³/mol. The highest BCUT2D eigenvalue weighted by Crippen LogP contribution is 2.15. The van der Waals surface area contributed by atoms with Crippen molar-refractivity contribution in [1.82, 2.24) is 0 Å². The summed E-state index contributed by atoms with van der Waals surface area (Å²) in [5.41, 5.74) is 2.94. The van der Waals surface area contributed by atoms with Crippen LogP contribution in [0.3, 0.4) is 0 Å². The molecule has 4 heteroatoms. The van der Waals surface area contributed by atoms with E-state index in [0.29, 0.717) is 18.3 Å². The number of rotatable bonds is 7. The molecule has 0 amide bonds. The van der Waals surface area contributed by atoms with Crippen molar-refractivity contribution in [2.24, 2.45) is 10.9 Å². The second-order valence-corrected chi connectivity index (χ2v) is 6.46. The van der Waals surface area contributed by atoms with E-state index in [2.05, 4.69) is 31.2 Å². The Hall–Kier alpha value is -3.01. The van der Waals surface area contributed by atoms with Gasteiger partial charge in [0.25, 0.3) is 0 Å². The first-order valence-electron chi connectivity index (χ1n) is 9.46. The summed E-state index contributed by atoms with van der Waals surface area (Å²) in [6, 6.07) is 6.38. The van der Waals surface area contributed by atoms with Crippen LogP contribution in [0.1, 0.15) is 32.8 Å². The van der Waals surface area contributed by atoms with Crippen molar-refractivity contribution < 1.29 is 13.5 Å². The molecule has 1 unspecified atom stereocenters. The summed E-state index contributed by atoms with van der Waals surface area (Å²) in [5, 5.41) is 0. The van der Waals surface area contributed by atoms with Crippen molar-refractivity contribution in [1.29, 1.82) is 0 Å². The zero-order chi connectivity index (χ0) is 21.6. The van der Waals surface area contributed by atoms with Crippen molar-refractivity contribution in [2.75, 3.05) is 6.61 Å². The molecule has 0 saturated carbocycles. The van der Waals surface area contributed by atoms with Gasteiger partial charge in [0.05, 0.1) is 11.5 Å². The van der Waals surface area contributed by atoms with Crippen LogP contribution < -0.4 is 0 Å². The van der Waals surface area contributed by atoms with E-state index in [-0.39, 0.29) is 11.6 Å². The van der Waals surface area contributed by atoms with Crippen LogP contribution in [-0.4, -0.2) is 12.8 Å². The molecule has 0 fully saturated rings. The standard InChI is InChI=1S/C14H18FNO.C11H11F/c1-4-13(15)6-5-12(3)17-10-14-9-11(2)7-8-16-14;1-3-9(4-2)10-5-7-11(12)8-6-10/h4-6,8-9,11H,1,7,10H2,2-3H3;3-8H,1H2,2H3/b12-5+,13-6+;9-4+. The Morgan fingerprint density at radius 3 is 2.45 bits per heavy atom. The zero-order valence-electron chi connectivity index (χ0n) is 17.4. The molecule has 1 aliphatic rings. The van der Waals surface area contributed by atoms with Gasteiger partial charge in [-0.1, -0.05) is 50.4 Å². The summed E-state index contributed by atoms with van der Waals surface area (Å²) >= 11 is 0. The summed E-state index contributed by atoms with van der Waals surface area (Å²) in [7, 11) is 0. The molecule has 1 heterocycles. The summed E-state index contributed by atoms with van der Waals surface area (Å²) in [6.07, 6.45) is 12.7. The fraction of sp³-hybridized carbons (Fsp3) is 0.240. The molecule has 0 bridgehead atoms. The van der Waals surface area contributed by atoms with Gasteiger partial charge in [-0.3, -0.25) is 4.99 Å². The van der Waals surface area contributed by atoms with Gasteiger partial charge in [0, 0.05) is 6.21 Å². The first kappa shape index (κ1) is 24.0. The third-order valence-electron chi connectivity index (χ3n) is 4.04. The number of aliphatic imine (C=N–C) groups is 1. The quantitative estimate of drug-likeness (QED) is 0.348. The lowest BCUT2D eigenvalue weighted by molar-refractivity contribution is 0.240. The SMILES string of the molecule is C=C/C(=C\C)c1ccc(F)cc1.C=C/C(F)=C\C=C(/C)OCC1=CC(C)CC=N1. The number of ether oxygens (including phenoxy) is 1. The molecular weight excluding hydrogens is 368 g/mol. The molecule has 0 aromatic heterocycles. The molecule has 29 heavy (non-hydrogen) atoms. The highest BCUT2D eigenvalue weighted by Gasteiger charge is 2.05. The summed E-state index contributed by atoms with van der Waals surface area (Å²) in [5.74, 6) is 0.569. The second-order valence-electron chi connectivity index (χ2n) is 6.46. The molecule has 2 nitrogen and oxygen atoms in total. The molecule has 1 aliphatic heterocycles. The van der Waals surface area contributed by atoms with Crippen LogP contribution in [0.2, 0.25) is 0 Å². The molecule has 0 N–H and O–H groups in total. The predicted octanol–water partition coefficient (Wildman–Crippen LogP) is 7.36. The molecule has 0 spiro atoms. The highest BCUT2D eigenvalue weighted by atomic mass is 19.1. The molecule has 1 aromatic rings. The second kappa shape index (κ2) is 13.2. The van der Waals surface area contributed by atoms with Crippen LogP contribution in [0.15, 0.2) is 96.2 Å². The van der Waals surface area contributed by atoms with Crippen molar-refractivity contribution >= 4 is 11.8 Å². The van der Waals surface area contributed by atoms with E-state index in [1.54, 1.807) is 31.2 Å². The number of hydrogen-bond acceptors (Lipinski definition) is 2. The maximum absolute atomic E-state index is 12.7. The Morgan fingerprint density at radius 2 is 1.90 bits per heavy atom. The monoisotopic (exact) mass is 397 g/mol. The van der Waals surface area contributed by atoms with E-state index >= 15 is 0 Å². The lowest BCUT2D eigenvalue weighted by Crippen LogP contribution is -2.03. The molecule has 1 atom stereocenters. The van der Waals surface area contributed by atoms with Gasteiger partial charge in [0.1, 0.15) is 18.3 Å². The minimum Gasteiger partial charge on any atom is -0.492 e. The molecule has 0 aliphatic carbocycles. The summed E-state index contributed by atoms with van der Waals surface area (Å²) in [6.45, 7) is 13.3. The van der Waals surface area contributed by atoms with Crippen LogP contribution in [-0.2, 0) is 4.74 Å². The number of nitrogens with zero attached hydrogens (tertiary/aromatic N) is 1. The van der Waals surface area contributed by atoms with Gasteiger partial charge in [-0.25, -0.2) is 8.78 Å². The minimum atomic E-state index is -0.378. The molecular formula is C25H29F2NO. The first-order chi connectivity index (χ1) is 13.9. The van der Waals surface area contributed by atoms with E-state index in [1.165, 1.54) is 18.2 Å². The summed E-state index contributed by atoms with van der Waals surface area (Å²) in [4.78, 5) is 4.24. The third kappa shape index (κ3) is 9.65. The van der Waals surface area contributed by atoms with Gasteiger partial charge in [0.2, 0.25) is 0 Å².